The maximum Gasteiger partial charge on any atom is 0.242 e. The van der Waals surface area contributed by atoms with Crippen molar-refractivity contribution in [2.75, 3.05) is 5.32 Å². The van der Waals surface area contributed by atoms with E-state index in [1.165, 1.54) is 11.9 Å². The van der Waals surface area contributed by atoms with Crippen LogP contribution in [0.25, 0.3) is 0 Å². The molecule has 0 radical (unpaired) electrons. The highest BCUT2D eigenvalue weighted by molar-refractivity contribution is 6.30. The standard InChI is InChI=1S/C10H11ClN4/c1-7-4-9(11)3-2-8(7)5-12-10-13-6-14-15-10/h2-4,6H,5H2,1H3,(H2,12,13,14,15). The van der Waals surface area contributed by atoms with Crippen LogP contribution >= 0.6 is 11.6 Å². The second-order valence-electron chi connectivity index (χ2n) is 3.25. The average Bonchev–Trinajstić information content (AvgIpc) is 2.69. The van der Waals surface area contributed by atoms with Gasteiger partial charge in [-0.25, -0.2) is 4.98 Å². The fourth-order valence-electron chi connectivity index (χ4n) is 1.33. The molecular formula is C10H11ClN4. The lowest BCUT2D eigenvalue weighted by atomic mass is 10.1. The van der Waals surface area contributed by atoms with Gasteiger partial charge in [-0.05, 0) is 30.2 Å². The monoisotopic (exact) mass is 222 g/mol. The Morgan fingerprint density at radius 3 is 3.00 bits per heavy atom. The third-order valence-corrected chi connectivity index (χ3v) is 2.39. The minimum Gasteiger partial charge on any atom is -0.349 e. The van der Waals surface area contributed by atoms with E-state index < -0.39 is 0 Å². The van der Waals surface area contributed by atoms with Crippen molar-refractivity contribution in [1.29, 1.82) is 0 Å². The first-order valence-corrected chi connectivity index (χ1v) is 4.98. The molecule has 78 valence electrons. The lowest BCUT2D eigenvalue weighted by molar-refractivity contribution is 1.04. The maximum atomic E-state index is 5.87. The number of aromatic nitrogens is 3. The Morgan fingerprint density at radius 2 is 2.33 bits per heavy atom. The topological polar surface area (TPSA) is 53.6 Å². The molecule has 4 nitrogen and oxygen atoms in total. The van der Waals surface area contributed by atoms with E-state index in [4.69, 9.17) is 11.6 Å². The molecule has 0 atom stereocenters. The first-order valence-electron chi connectivity index (χ1n) is 4.60. The van der Waals surface area contributed by atoms with Crippen LogP contribution in [0.3, 0.4) is 0 Å². The molecule has 0 saturated carbocycles. The van der Waals surface area contributed by atoms with Crippen LogP contribution in [0.5, 0.6) is 0 Å². The smallest absolute Gasteiger partial charge is 0.242 e. The van der Waals surface area contributed by atoms with Gasteiger partial charge in [0.2, 0.25) is 5.95 Å². The molecule has 1 aromatic heterocycles. The highest BCUT2D eigenvalue weighted by Crippen LogP contribution is 2.15. The summed E-state index contributed by atoms with van der Waals surface area (Å²) >= 11 is 5.87. The summed E-state index contributed by atoms with van der Waals surface area (Å²) in [5.41, 5.74) is 2.34. The molecule has 0 unspecified atom stereocenters. The number of aryl methyl sites for hydroxylation is 1. The number of rotatable bonds is 3. The summed E-state index contributed by atoms with van der Waals surface area (Å²) in [5.74, 6) is 0.601. The molecule has 5 heteroatoms. The summed E-state index contributed by atoms with van der Waals surface area (Å²) < 4.78 is 0. The van der Waals surface area contributed by atoms with Crippen molar-refractivity contribution in [1.82, 2.24) is 15.2 Å². The number of halogens is 1. The molecular weight excluding hydrogens is 212 g/mol. The van der Waals surface area contributed by atoms with Gasteiger partial charge in [-0.1, -0.05) is 17.7 Å². The van der Waals surface area contributed by atoms with E-state index in [9.17, 15) is 0 Å². The minimum absolute atomic E-state index is 0.601. The highest BCUT2D eigenvalue weighted by Gasteiger charge is 2.00. The van der Waals surface area contributed by atoms with Gasteiger partial charge in [0, 0.05) is 11.6 Å². The predicted octanol–water partition coefficient (Wildman–Crippen LogP) is 2.38. The zero-order chi connectivity index (χ0) is 10.7. The second kappa shape index (κ2) is 4.31. The lowest BCUT2D eigenvalue weighted by Crippen LogP contribution is -2.02. The number of anilines is 1. The van der Waals surface area contributed by atoms with E-state index in [-0.39, 0.29) is 0 Å². The van der Waals surface area contributed by atoms with Gasteiger partial charge in [-0.15, -0.1) is 5.10 Å². The number of benzene rings is 1. The van der Waals surface area contributed by atoms with Crippen molar-refractivity contribution >= 4 is 17.5 Å². The van der Waals surface area contributed by atoms with Gasteiger partial charge in [0.25, 0.3) is 0 Å². The van der Waals surface area contributed by atoms with Crippen molar-refractivity contribution < 1.29 is 0 Å². The molecule has 0 bridgehead atoms. The summed E-state index contributed by atoms with van der Waals surface area (Å²) in [5, 5.41) is 10.4. The van der Waals surface area contributed by atoms with E-state index in [0.29, 0.717) is 12.5 Å². The molecule has 0 aliphatic rings. The maximum absolute atomic E-state index is 5.87. The van der Waals surface area contributed by atoms with Crippen LogP contribution in [0, 0.1) is 6.92 Å². The van der Waals surface area contributed by atoms with Gasteiger partial charge in [-0.3, -0.25) is 5.10 Å². The van der Waals surface area contributed by atoms with Gasteiger partial charge >= 0.3 is 0 Å². The Kier molecular flexibility index (Phi) is 2.87. The number of hydrogen-bond acceptors (Lipinski definition) is 3. The zero-order valence-electron chi connectivity index (χ0n) is 8.29. The Bertz CT molecular complexity index is 439. The van der Waals surface area contributed by atoms with Crippen LogP contribution in [0.2, 0.25) is 5.02 Å². The summed E-state index contributed by atoms with van der Waals surface area (Å²) in [6.45, 7) is 2.72. The first-order chi connectivity index (χ1) is 7.25. The Hall–Kier alpha value is -1.55. The lowest BCUT2D eigenvalue weighted by Gasteiger charge is -2.06. The van der Waals surface area contributed by atoms with E-state index in [0.717, 1.165) is 10.6 Å². The van der Waals surface area contributed by atoms with Gasteiger partial charge < -0.3 is 5.32 Å². The van der Waals surface area contributed by atoms with E-state index in [2.05, 4.69) is 20.5 Å². The van der Waals surface area contributed by atoms with E-state index in [1.807, 2.05) is 25.1 Å². The average molecular weight is 223 g/mol. The SMILES string of the molecule is Cc1cc(Cl)ccc1CNc1nc[nH]n1. The van der Waals surface area contributed by atoms with Gasteiger partial charge in [0.1, 0.15) is 6.33 Å². The summed E-state index contributed by atoms with van der Waals surface area (Å²) in [6.07, 6.45) is 1.54. The minimum atomic E-state index is 0.601. The third kappa shape index (κ3) is 2.47. The molecule has 2 N–H and O–H groups in total. The van der Waals surface area contributed by atoms with Crippen LogP contribution < -0.4 is 5.32 Å². The van der Waals surface area contributed by atoms with E-state index >= 15 is 0 Å². The van der Waals surface area contributed by atoms with Crippen molar-refractivity contribution in [3.63, 3.8) is 0 Å². The van der Waals surface area contributed by atoms with Crippen LogP contribution in [0.1, 0.15) is 11.1 Å². The van der Waals surface area contributed by atoms with Gasteiger partial charge in [0.05, 0.1) is 0 Å². The van der Waals surface area contributed by atoms with Crippen LogP contribution in [0.15, 0.2) is 24.5 Å². The molecule has 2 rings (SSSR count). The van der Waals surface area contributed by atoms with Gasteiger partial charge in [0.15, 0.2) is 0 Å². The normalized spacial score (nSPS) is 10.3. The molecule has 2 aromatic rings. The second-order valence-corrected chi connectivity index (χ2v) is 3.68. The van der Waals surface area contributed by atoms with Crippen LogP contribution in [0.4, 0.5) is 5.95 Å². The third-order valence-electron chi connectivity index (χ3n) is 2.16. The Morgan fingerprint density at radius 1 is 1.47 bits per heavy atom. The number of nitrogens with one attached hydrogen (secondary N) is 2. The van der Waals surface area contributed by atoms with E-state index in [1.54, 1.807) is 0 Å². The van der Waals surface area contributed by atoms with Crippen LogP contribution in [-0.4, -0.2) is 15.2 Å². The number of hydrogen-bond donors (Lipinski definition) is 2. The van der Waals surface area contributed by atoms with Crippen molar-refractivity contribution in [2.45, 2.75) is 13.5 Å². The molecule has 0 aliphatic heterocycles. The number of nitrogens with zero attached hydrogens (tertiary/aromatic N) is 2. The Balaban J connectivity index is 2.05. The molecule has 0 spiro atoms. The highest BCUT2D eigenvalue weighted by atomic mass is 35.5. The fourth-order valence-corrected chi connectivity index (χ4v) is 1.55. The first kappa shape index (κ1) is 9.98. The summed E-state index contributed by atoms with van der Waals surface area (Å²) in [4.78, 5) is 3.97. The quantitative estimate of drug-likeness (QED) is 0.839. The van der Waals surface area contributed by atoms with Crippen molar-refractivity contribution in [3.8, 4) is 0 Å². The molecule has 1 aromatic carbocycles. The zero-order valence-corrected chi connectivity index (χ0v) is 9.04. The Labute approximate surface area is 92.7 Å². The predicted molar refractivity (Wildman–Crippen MR) is 59.9 cm³/mol. The van der Waals surface area contributed by atoms with Crippen molar-refractivity contribution in [2.24, 2.45) is 0 Å². The van der Waals surface area contributed by atoms with Crippen molar-refractivity contribution in [3.05, 3.63) is 40.7 Å². The molecule has 0 saturated heterocycles. The summed E-state index contributed by atoms with van der Waals surface area (Å²) in [6, 6.07) is 5.82. The van der Waals surface area contributed by atoms with Gasteiger partial charge in [-0.2, -0.15) is 0 Å². The molecule has 0 amide bonds. The largest absolute Gasteiger partial charge is 0.349 e. The fraction of sp³-hybridized carbons (Fsp3) is 0.200. The van der Waals surface area contributed by atoms with Crippen LogP contribution in [-0.2, 0) is 6.54 Å². The number of H-pyrrole nitrogens is 1. The number of aromatic amines is 1. The molecule has 15 heavy (non-hydrogen) atoms. The molecule has 0 fully saturated rings. The molecule has 1 heterocycles. The summed E-state index contributed by atoms with van der Waals surface area (Å²) in [7, 11) is 0. The molecule has 0 aliphatic carbocycles.